The number of carbonyl (C=O) groups is 1. The van der Waals surface area contributed by atoms with Crippen molar-refractivity contribution in [3.05, 3.63) is 64.4 Å². The van der Waals surface area contributed by atoms with Crippen LogP contribution in [-0.4, -0.2) is 48.3 Å². The molecule has 7 nitrogen and oxygen atoms in total. The van der Waals surface area contributed by atoms with Crippen LogP contribution in [0.2, 0.25) is 0 Å². The van der Waals surface area contributed by atoms with E-state index in [-0.39, 0.29) is 22.6 Å². The second-order valence-corrected chi connectivity index (χ2v) is 10.1. The van der Waals surface area contributed by atoms with E-state index in [0.717, 1.165) is 42.7 Å². The van der Waals surface area contributed by atoms with Gasteiger partial charge in [0.2, 0.25) is 11.7 Å². The molecule has 33 heavy (non-hydrogen) atoms. The summed E-state index contributed by atoms with van der Waals surface area (Å²) >= 11 is 1.39. The first-order valence-electron chi connectivity index (χ1n) is 11.4. The molecule has 8 heteroatoms. The minimum absolute atomic E-state index is 0.122. The first-order chi connectivity index (χ1) is 16.0. The van der Waals surface area contributed by atoms with Crippen molar-refractivity contribution in [2.75, 3.05) is 13.1 Å². The third kappa shape index (κ3) is 3.72. The van der Waals surface area contributed by atoms with Crippen LogP contribution in [0, 0.1) is 0 Å². The Kier molecular flexibility index (Phi) is 5.70. The summed E-state index contributed by atoms with van der Waals surface area (Å²) in [5, 5.41) is 9.79. The van der Waals surface area contributed by atoms with Crippen LogP contribution in [0.1, 0.15) is 45.1 Å². The van der Waals surface area contributed by atoms with Crippen molar-refractivity contribution in [3.8, 4) is 5.69 Å². The highest BCUT2D eigenvalue weighted by molar-refractivity contribution is 8.00. The van der Waals surface area contributed by atoms with E-state index >= 15 is 0 Å². The summed E-state index contributed by atoms with van der Waals surface area (Å²) in [6.07, 6.45) is 2.12. The number of thioether (sulfide) groups is 1. The van der Waals surface area contributed by atoms with Gasteiger partial charge >= 0.3 is 0 Å². The number of amides is 1. The van der Waals surface area contributed by atoms with Crippen molar-refractivity contribution >= 4 is 34.3 Å². The van der Waals surface area contributed by atoms with Gasteiger partial charge in [0.1, 0.15) is 0 Å². The van der Waals surface area contributed by atoms with Crippen LogP contribution >= 0.6 is 11.8 Å². The number of nitrogens with zero attached hydrogens (tertiary/aromatic N) is 5. The fourth-order valence-electron chi connectivity index (χ4n) is 4.55. The summed E-state index contributed by atoms with van der Waals surface area (Å²) in [6, 6.07) is 15.4. The van der Waals surface area contributed by atoms with E-state index in [1.165, 1.54) is 11.8 Å². The Bertz CT molecular complexity index is 1400. The third-order valence-corrected chi connectivity index (χ3v) is 7.27. The standard InChI is InChI=1S/C25H27N5O2S/c1-16(2)18-10-4-6-12-20(18)29-23(32)19-11-5-7-13-21(19)30-24(29)26-27-25(30)33-17(3)22(31)28-14-8-9-15-28/h4-7,10-13,16-17H,8-9,14-15H2,1-3H3. The molecule has 1 unspecified atom stereocenters. The minimum Gasteiger partial charge on any atom is -0.342 e. The van der Waals surface area contributed by atoms with Crippen LogP contribution in [0.15, 0.2) is 58.5 Å². The molecule has 3 heterocycles. The SMILES string of the molecule is CC(Sc1nnc2n(-c3ccccc3C(C)C)c(=O)c3ccccc3n12)C(=O)N1CCCC1. The quantitative estimate of drug-likeness (QED) is 0.415. The molecule has 0 N–H and O–H groups in total. The maximum absolute atomic E-state index is 13.6. The molecular formula is C25H27N5O2S. The number of benzene rings is 2. The molecule has 2 aromatic heterocycles. The molecule has 0 bridgehead atoms. The lowest BCUT2D eigenvalue weighted by Gasteiger charge is -2.19. The summed E-state index contributed by atoms with van der Waals surface area (Å²) in [5.41, 5.74) is 2.48. The molecule has 5 rings (SSSR count). The van der Waals surface area contributed by atoms with E-state index in [4.69, 9.17) is 0 Å². The predicted octanol–water partition coefficient (Wildman–Crippen LogP) is 4.26. The second-order valence-electron chi connectivity index (χ2n) is 8.78. The summed E-state index contributed by atoms with van der Waals surface area (Å²) in [6.45, 7) is 7.77. The van der Waals surface area contributed by atoms with Gasteiger partial charge in [0, 0.05) is 13.1 Å². The normalized spacial score (nSPS) is 15.1. The Morgan fingerprint density at radius 2 is 1.67 bits per heavy atom. The molecular weight excluding hydrogens is 434 g/mol. The molecule has 170 valence electrons. The summed E-state index contributed by atoms with van der Waals surface area (Å²) in [4.78, 5) is 28.5. The van der Waals surface area contributed by atoms with Crippen molar-refractivity contribution in [3.63, 3.8) is 0 Å². The highest BCUT2D eigenvalue weighted by Crippen LogP contribution is 2.29. The average Bonchev–Trinajstić information content (AvgIpc) is 3.50. The van der Waals surface area contributed by atoms with Crippen LogP contribution in [0.3, 0.4) is 0 Å². The number of hydrogen-bond donors (Lipinski definition) is 0. The van der Waals surface area contributed by atoms with Crippen molar-refractivity contribution < 1.29 is 4.79 Å². The molecule has 1 saturated heterocycles. The van der Waals surface area contributed by atoms with E-state index in [2.05, 4.69) is 24.0 Å². The predicted molar refractivity (Wildman–Crippen MR) is 131 cm³/mol. The molecule has 0 radical (unpaired) electrons. The van der Waals surface area contributed by atoms with Gasteiger partial charge < -0.3 is 4.90 Å². The molecule has 1 amide bonds. The van der Waals surface area contributed by atoms with Crippen LogP contribution in [0.25, 0.3) is 22.4 Å². The van der Waals surface area contributed by atoms with E-state index in [1.807, 2.05) is 64.8 Å². The zero-order valence-electron chi connectivity index (χ0n) is 19.1. The number of rotatable bonds is 5. The number of para-hydroxylation sites is 2. The van der Waals surface area contributed by atoms with E-state index in [9.17, 15) is 9.59 Å². The molecule has 0 aliphatic carbocycles. The first-order valence-corrected chi connectivity index (χ1v) is 12.3. The van der Waals surface area contributed by atoms with Crippen molar-refractivity contribution in [1.82, 2.24) is 24.1 Å². The van der Waals surface area contributed by atoms with Crippen molar-refractivity contribution in [1.29, 1.82) is 0 Å². The van der Waals surface area contributed by atoms with Gasteiger partial charge in [-0.3, -0.25) is 14.0 Å². The fraction of sp³-hybridized carbons (Fsp3) is 0.360. The maximum atomic E-state index is 13.6. The molecule has 0 spiro atoms. The lowest BCUT2D eigenvalue weighted by molar-refractivity contribution is -0.129. The lowest BCUT2D eigenvalue weighted by atomic mass is 10.0. The minimum atomic E-state index is -0.294. The number of fused-ring (bicyclic) bond motifs is 3. The molecule has 1 fully saturated rings. The monoisotopic (exact) mass is 461 g/mol. The zero-order valence-corrected chi connectivity index (χ0v) is 19.9. The number of hydrogen-bond acceptors (Lipinski definition) is 5. The molecule has 0 saturated carbocycles. The van der Waals surface area contributed by atoms with Gasteiger partial charge in [-0.05, 0) is 49.4 Å². The second kappa shape index (κ2) is 8.67. The topological polar surface area (TPSA) is 72.5 Å². The highest BCUT2D eigenvalue weighted by atomic mass is 32.2. The summed E-state index contributed by atoms with van der Waals surface area (Å²) < 4.78 is 3.56. The molecule has 1 aliphatic heterocycles. The number of likely N-dealkylation sites (tertiary alicyclic amines) is 1. The van der Waals surface area contributed by atoms with Gasteiger partial charge in [-0.25, -0.2) is 4.57 Å². The Morgan fingerprint density at radius 3 is 2.42 bits per heavy atom. The average molecular weight is 462 g/mol. The summed E-state index contributed by atoms with van der Waals surface area (Å²) in [7, 11) is 0. The highest BCUT2D eigenvalue weighted by Gasteiger charge is 2.27. The smallest absolute Gasteiger partial charge is 0.267 e. The van der Waals surface area contributed by atoms with E-state index in [1.54, 1.807) is 4.57 Å². The fourth-order valence-corrected chi connectivity index (χ4v) is 5.49. The van der Waals surface area contributed by atoms with Crippen molar-refractivity contribution in [2.45, 2.75) is 49.9 Å². The third-order valence-electron chi connectivity index (χ3n) is 6.24. The largest absolute Gasteiger partial charge is 0.342 e. The van der Waals surface area contributed by atoms with Crippen LogP contribution < -0.4 is 5.56 Å². The van der Waals surface area contributed by atoms with Crippen molar-refractivity contribution in [2.24, 2.45) is 0 Å². The maximum Gasteiger partial charge on any atom is 0.267 e. The van der Waals surface area contributed by atoms with E-state index < -0.39 is 0 Å². The Hall–Kier alpha value is -3.13. The van der Waals surface area contributed by atoms with Gasteiger partial charge in [-0.15, -0.1) is 10.2 Å². The van der Waals surface area contributed by atoms with Gasteiger partial charge in [0.15, 0.2) is 5.16 Å². The van der Waals surface area contributed by atoms with E-state index in [0.29, 0.717) is 16.3 Å². The van der Waals surface area contributed by atoms with Gasteiger partial charge in [0.05, 0.1) is 21.8 Å². The first kappa shape index (κ1) is 21.7. The van der Waals surface area contributed by atoms with Crippen LogP contribution in [0.4, 0.5) is 0 Å². The van der Waals surface area contributed by atoms with Gasteiger partial charge in [0.25, 0.3) is 5.56 Å². The molecule has 4 aromatic rings. The summed E-state index contributed by atoms with van der Waals surface area (Å²) in [5.74, 6) is 0.807. The van der Waals surface area contributed by atoms with Crippen LogP contribution in [-0.2, 0) is 4.79 Å². The number of aromatic nitrogens is 4. The zero-order chi connectivity index (χ0) is 23.1. The van der Waals surface area contributed by atoms with Gasteiger partial charge in [-0.1, -0.05) is 55.9 Å². The molecule has 1 atom stereocenters. The molecule has 2 aromatic carbocycles. The number of carbonyl (C=O) groups excluding carboxylic acids is 1. The lowest BCUT2D eigenvalue weighted by Crippen LogP contribution is -2.34. The Labute approximate surface area is 196 Å². The Balaban J connectivity index is 1.71. The Morgan fingerprint density at radius 1 is 0.970 bits per heavy atom. The molecule has 1 aliphatic rings. The van der Waals surface area contributed by atoms with Crippen LogP contribution in [0.5, 0.6) is 0 Å². The van der Waals surface area contributed by atoms with Gasteiger partial charge in [-0.2, -0.15) is 0 Å².